The summed E-state index contributed by atoms with van der Waals surface area (Å²) in [5.41, 5.74) is 0. The van der Waals surface area contributed by atoms with Crippen LogP contribution in [0.5, 0.6) is 0 Å². The SMILES string of the molecule is CCCCC(CCC)OC(=O)CCCCCCCCN(CCCCCCCCC(=O)OC(CCC)CCCC)CCC(CC)OC(=O)C1CC(C(=O)OC(CC)CCN(CCCCCCCCC(=O)OC(CCC)CCCC)CCCCCCCCC(=O)OC(CCC)CCCC)CC(C(=O)OC(CC)CCN(CCCCCCCCC(=O)OC(CCC)CCCC)CCCC(C)CCCCC(=O)OC(CCC)CCCC)C1. The molecule has 12 unspecified atom stereocenters. The van der Waals surface area contributed by atoms with Crippen molar-refractivity contribution >= 4 is 53.7 Å². The van der Waals surface area contributed by atoms with Crippen molar-refractivity contribution in [3.8, 4) is 0 Å². The molecule has 12 atom stereocenters. The Labute approximate surface area is 910 Å². The fourth-order valence-corrected chi connectivity index (χ4v) is 21.4. The van der Waals surface area contributed by atoms with Gasteiger partial charge in [0.1, 0.15) is 54.9 Å². The van der Waals surface area contributed by atoms with Crippen LogP contribution in [0.2, 0.25) is 0 Å². The van der Waals surface area contributed by atoms with Crippen LogP contribution in [-0.4, -0.2) is 182 Å². The van der Waals surface area contributed by atoms with E-state index in [4.69, 9.17) is 42.6 Å². The molecule has 0 amide bonds. The highest BCUT2D eigenvalue weighted by Gasteiger charge is 2.43. The lowest BCUT2D eigenvalue weighted by molar-refractivity contribution is -0.168. The largest absolute Gasteiger partial charge is 0.462 e. The Hall–Kier alpha value is -4.89. The van der Waals surface area contributed by atoms with Gasteiger partial charge in [-0.25, -0.2) is 0 Å². The average molecular weight is 2100 g/mol. The minimum absolute atomic E-state index is 0.0234. The predicted octanol–water partition coefficient (Wildman–Crippen LogP) is 34.1. The first kappa shape index (κ1) is 141. The summed E-state index contributed by atoms with van der Waals surface area (Å²) in [5.74, 6) is -3.11. The van der Waals surface area contributed by atoms with Crippen molar-refractivity contribution in [1.82, 2.24) is 14.7 Å². The third kappa shape index (κ3) is 80.0. The molecule has 0 aliphatic heterocycles. The number of hydrogen-bond acceptors (Lipinski definition) is 21. The molecule has 0 radical (unpaired) electrons. The summed E-state index contributed by atoms with van der Waals surface area (Å²) in [7, 11) is 0. The van der Waals surface area contributed by atoms with E-state index in [0.29, 0.717) is 83.0 Å². The van der Waals surface area contributed by atoms with Gasteiger partial charge in [-0.2, -0.15) is 0 Å². The molecule has 870 valence electrons. The van der Waals surface area contributed by atoms with E-state index in [9.17, 15) is 28.8 Å². The van der Waals surface area contributed by atoms with Gasteiger partial charge in [0.15, 0.2) is 0 Å². The molecular weight excluding hydrogens is 1860 g/mol. The molecule has 0 aromatic carbocycles. The second-order valence-corrected chi connectivity index (χ2v) is 45.2. The Kier molecular flexibility index (Phi) is 95.5. The highest BCUT2D eigenvalue weighted by atomic mass is 16.6. The van der Waals surface area contributed by atoms with Crippen LogP contribution in [-0.2, 0) is 85.8 Å². The first-order chi connectivity index (χ1) is 72.0. The van der Waals surface area contributed by atoms with Crippen LogP contribution in [0.1, 0.15) is 624 Å². The standard InChI is InChI=1S/C127H239N3O18/c1-17-32-79-113(71-23-7)140-119(131)85-58-48-38-43-53-65-94-128(95-66-54-44-39-49-59-86-120(132)141-114(72-24-8)80-33-18-2)100-91-110(29-13)146-125(137)107-103-108(126(138)147-111(30-14)92-101-129(96-67-55-45-40-50-60-87-121(133)142-115(73-25-9)81-34-19-3)97-68-56-46-41-51-61-88-122(134)143-116(74-26-10)82-35-20-4)105-109(104-107)127(139)148-112(31-15)93-102-130(98-69-57-47-42-52-62-89-123(135)144-117(75-27-11)83-36-21-5)99-70-78-106(16)77-63-64-90-124(136)145-118(76-28-12)84-37-22-6/h106-118H,17-105H2,1-16H3. The first-order valence-electron chi connectivity index (χ1n) is 63.9. The van der Waals surface area contributed by atoms with E-state index in [1.807, 2.05) is 0 Å². The maximum atomic E-state index is 15.3. The van der Waals surface area contributed by atoms with Crippen LogP contribution < -0.4 is 0 Å². The smallest absolute Gasteiger partial charge is 0.309 e. The maximum absolute atomic E-state index is 15.3. The van der Waals surface area contributed by atoms with Crippen molar-refractivity contribution in [2.45, 2.75) is 679 Å². The zero-order valence-electron chi connectivity index (χ0n) is 99.6. The number of esters is 9. The zero-order valence-corrected chi connectivity index (χ0v) is 99.6. The van der Waals surface area contributed by atoms with Gasteiger partial charge in [0.25, 0.3) is 0 Å². The van der Waals surface area contributed by atoms with Gasteiger partial charge in [0, 0.05) is 58.2 Å². The molecule has 21 heteroatoms. The van der Waals surface area contributed by atoms with Gasteiger partial charge >= 0.3 is 53.7 Å². The Bertz CT molecular complexity index is 2890. The Morgan fingerprint density at radius 2 is 0.351 bits per heavy atom. The van der Waals surface area contributed by atoms with Gasteiger partial charge in [-0.3, -0.25) is 43.2 Å². The lowest BCUT2D eigenvalue weighted by Gasteiger charge is -2.34. The van der Waals surface area contributed by atoms with Crippen molar-refractivity contribution in [3.63, 3.8) is 0 Å². The summed E-state index contributed by atoms with van der Waals surface area (Å²) in [4.78, 5) is 131. The Morgan fingerprint density at radius 1 is 0.176 bits per heavy atom. The summed E-state index contributed by atoms with van der Waals surface area (Å²) >= 11 is 0. The fourth-order valence-electron chi connectivity index (χ4n) is 21.4. The van der Waals surface area contributed by atoms with Crippen molar-refractivity contribution in [2.75, 3.05) is 58.9 Å². The summed E-state index contributed by atoms with van der Waals surface area (Å²) in [6.07, 6.45) is 72.4. The molecule has 1 aliphatic carbocycles. The lowest BCUT2D eigenvalue weighted by atomic mass is 9.75. The monoisotopic (exact) mass is 2090 g/mol. The van der Waals surface area contributed by atoms with Crippen molar-refractivity contribution < 1.29 is 85.8 Å². The Morgan fingerprint density at radius 3 is 0.541 bits per heavy atom. The molecule has 1 fully saturated rings. The minimum atomic E-state index is -0.721. The van der Waals surface area contributed by atoms with Gasteiger partial charge in [-0.15, -0.1) is 0 Å². The normalized spacial score (nSPS) is 15.9. The van der Waals surface area contributed by atoms with E-state index < -0.39 is 17.8 Å². The minimum Gasteiger partial charge on any atom is -0.462 e. The molecule has 21 nitrogen and oxygen atoms in total. The summed E-state index contributed by atoms with van der Waals surface area (Å²) in [5, 5.41) is 0. The second-order valence-electron chi connectivity index (χ2n) is 45.2. The number of carbonyl (C=O) groups excluding carboxylic acids is 9. The highest BCUT2D eigenvalue weighted by molar-refractivity contribution is 5.81. The van der Waals surface area contributed by atoms with Gasteiger partial charge in [-0.1, -0.05) is 368 Å². The lowest BCUT2D eigenvalue weighted by Crippen LogP contribution is -2.40. The first-order valence-corrected chi connectivity index (χ1v) is 63.9. The summed E-state index contributed by atoms with van der Waals surface area (Å²) in [6, 6.07) is 0. The number of rotatable bonds is 108. The van der Waals surface area contributed by atoms with E-state index in [1.165, 1.54) is 0 Å². The van der Waals surface area contributed by atoms with Crippen molar-refractivity contribution in [3.05, 3.63) is 0 Å². The summed E-state index contributed by atoms with van der Waals surface area (Å²) < 4.78 is 55.6. The second kappa shape index (κ2) is 100. The zero-order chi connectivity index (χ0) is 109. The molecule has 0 aromatic heterocycles. The molecule has 1 aliphatic rings. The molecule has 1 rings (SSSR count). The molecule has 0 bridgehead atoms. The highest BCUT2D eigenvalue weighted by Crippen LogP contribution is 2.38. The average Bonchev–Trinajstić information content (AvgIpc) is 0.816. The van der Waals surface area contributed by atoms with Crippen LogP contribution in [0.15, 0.2) is 0 Å². The van der Waals surface area contributed by atoms with E-state index in [-0.39, 0.29) is 128 Å². The molecule has 1 saturated carbocycles. The van der Waals surface area contributed by atoms with E-state index in [0.717, 1.165) is 476 Å². The van der Waals surface area contributed by atoms with Gasteiger partial charge < -0.3 is 57.3 Å². The van der Waals surface area contributed by atoms with Gasteiger partial charge in [-0.05, 0) is 263 Å². The third-order valence-electron chi connectivity index (χ3n) is 31.0. The van der Waals surface area contributed by atoms with E-state index in [2.05, 4.69) is 125 Å². The molecule has 148 heavy (non-hydrogen) atoms. The summed E-state index contributed by atoms with van der Waals surface area (Å²) in [6.45, 7) is 42.5. The number of nitrogens with zero attached hydrogens (tertiary/aromatic N) is 3. The van der Waals surface area contributed by atoms with Gasteiger partial charge in [0.05, 0.1) is 17.8 Å². The number of ether oxygens (including phenoxy) is 9. The fraction of sp³-hybridized carbons (Fsp3) is 0.929. The van der Waals surface area contributed by atoms with E-state index in [1.54, 1.807) is 0 Å². The van der Waals surface area contributed by atoms with Crippen molar-refractivity contribution in [2.24, 2.45) is 23.7 Å². The Balaban J connectivity index is 3.72. The third-order valence-corrected chi connectivity index (χ3v) is 31.0. The quantitative estimate of drug-likeness (QED) is 0.0312. The molecule has 0 heterocycles. The number of unbranched alkanes of at least 4 members (excludes halogenated alkanes) is 32. The molecular formula is C127H239N3O18. The maximum Gasteiger partial charge on any atom is 0.309 e. The van der Waals surface area contributed by atoms with Crippen LogP contribution in [0, 0.1) is 23.7 Å². The molecule has 0 aromatic rings. The number of hydrogen-bond donors (Lipinski definition) is 0. The molecule has 0 N–H and O–H groups in total. The van der Waals surface area contributed by atoms with Crippen LogP contribution >= 0.6 is 0 Å². The topological polar surface area (TPSA) is 246 Å². The van der Waals surface area contributed by atoms with Crippen LogP contribution in [0.4, 0.5) is 0 Å². The number of carbonyl (C=O) groups is 9. The molecule has 0 saturated heterocycles. The van der Waals surface area contributed by atoms with E-state index >= 15 is 14.4 Å². The van der Waals surface area contributed by atoms with Crippen molar-refractivity contribution in [1.29, 1.82) is 0 Å². The molecule has 0 spiro atoms. The van der Waals surface area contributed by atoms with Crippen LogP contribution in [0.3, 0.4) is 0 Å². The predicted molar refractivity (Wildman–Crippen MR) is 612 cm³/mol. The van der Waals surface area contributed by atoms with Gasteiger partial charge in [0.2, 0.25) is 0 Å². The van der Waals surface area contributed by atoms with Crippen LogP contribution in [0.25, 0.3) is 0 Å².